The number of piperazine rings is 1. The first-order chi connectivity index (χ1) is 15.2. The summed E-state index contributed by atoms with van der Waals surface area (Å²) in [5.74, 6) is 1.83. The molecule has 1 aliphatic carbocycles. The molecule has 1 aliphatic heterocycles. The minimum absolute atomic E-state index is 0.137. The molecule has 0 spiro atoms. The standard InChI is InChI=1S/C25H33N3O3/c1-30-21-9-11-22(12-10-21)31-18-17-27-13-15-28(16-14-27)19-25(29)26-24-8-4-6-20-5-2-3-7-23(20)24/h2-3,5,7,9-12,24H,4,6,8,13-19H2,1H3,(H,26,29)/t24-/m0/s1. The largest absolute Gasteiger partial charge is 0.497 e. The van der Waals surface area contributed by atoms with E-state index in [4.69, 9.17) is 9.47 Å². The summed E-state index contributed by atoms with van der Waals surface area (Å²) in [4.78, 5) is 17.3. The van der Waals surface area contributed by atoms with E-state index < -0.39 is 0 Å². The number of ether oxygens (including phenoxy) is 2. The van der Waals surface area contributed by atoms with Crippen molar-refractivity contribution in [2.24, 2.45) is 0 Å². The average Bonchev–Trinajstić information content (AvgIpc) is 2.81. The third-order valence-corrected chi connectivity index (χ3v) is 6.27. The Balaban J connectivity index is 1.15. The molecule has 0 unspecified atom stereocenters. The second-order valence-electron chi connectivity index (χ2n) is 8.35. The van der Waals surface area contributed by atoms with Crippen molar-refractivity contribution in [3.05, 3.63) is 59.7 Å². The highest BCUT2D eigenvalue weighted by molar-refractivity contribution is 5.78. The van der Waals surface area contributed by atoms with Crippen LogP contribution in [0, 0.1) is 0 Å². The average molecular weight is 424 g/mol. The summed E-state index contributed by atoms with van der Waals surface area (Å²) in [6, 6.07) is 16.3. The zero-order valence-electron chi connectivity index (χ0n) is 18.4. The van der Waals surface area contributed by atoms with Gasteiger partial charge >= 0.3 is 0 Å². The van der Waals surface area contributed by atoms with E-state index in [9.17, 15) is 4.79 Å². The summed E-state index contributed by atoms with van der Waals surface area (Å²) >= 11 is 0. The lowest BCUT2D eigenvalue weighted by molar-refractivity contribution is -0.123. The van der Waals surface area contributed by atoms with Crippen LogP contribution in [0.25, 0.3) is 0 Å². The van der Waals surface area contributed by atoms with E-state index in [2.05, 4.69) is 39.4 Å². The predicted molar refractivity (Wildman–Crippen MR) is 122 cm³/mol. The third kappa shape index (κ3) is 5.99. The molecule has 2 aromatic carbocycles. The van der Waals surface area contributed by atoms with E-state index in [1.165, 1.54) is 11.1 Å². The van der Waals surface area contributed by atoms with Crippen LogP contribution in [0.5, 0.6) is 11.5 Å². The Hall–Kier alpha value is -2.57. The first-order valence-electron chi connectivity index (χ1n) is 11.3. The maximum atomic E-state index is 12.7. The second kappa shape index (κ2) is 10.6. The zero-order chi connectivity index (χ0) is 21.5. The molecular weight excluding hydrogens is 390 g/mol. The number of amides is 1. The van der Waals surface area contributed by atoms with Crippen LogP contribution in [-0.2, 0) is 11.2 Å². The molecule has 1 atom stereocenters. The number of rotatable bonds is 8. The normalized spacial score (nSPS) is 19.5. The van der Waals surface area contributed by atoms with E-state index in [0.717, 1.165) is 63.5 Å². The number of fused-ring (bicyclic) bond motifs is 1. The van der Waals surface area contributed by atoms with Gasteiger partial charge in [-0.1, -0.05) is 24.3 Å². The van der Waals surface area contributed by atoms with Crippen molar-refractivity contribution >= 4 is 5.91 Å². The van der Waals surface area contributed by atoms with E-state index in [1.807, 2.05) is 24.3 Å². The van der Waals surface area contributed by atoms with Crippen molar-refractivity contribution in [1.29, 1.82) is 0 Å². The lowest BCUT2D eigenvalue weighted by atomic mass is 9.88. The third-order valence-electron chi connectivity index (χ3n) is 6.27. The van der Waals surface area contributed by atoms with Crippen molar-refractivity contribution in [3.63, 3.8) is 0 Å². The maximum Gasteiger partial charge on any atom is 0.234 e. The highest BCUT2D eigenvalue weighted by atomic mass is 16.5. The SMILES string of the molecule is COc1ccc(OCCN2CCN(CC(=O)N[C@H]3CCCc4ccccc43)CC2)cc1. The molecule has 1 amide bonds. The van der Waals surface area contributed by atoms with Gasteiger partial charge in [0.2, 0.25) is 5.91 Å². The number of hydrogen-bond donors (Lipinski definition) is 1. The summed E-state index contributed by atoms with van der Waals surface area (Å²) in [6.45, 7) is 5.79. The van der Waals surface area contributed by atoms with Gasteiger partial charge in [-0.3, -0.25) is 14.6 Å². The first-order valence-corrected chi connectivity index (χ1v) is 11.3. The van der Waals surface area contributed by atoms with Gasteiger partial charge in [0, 0.05) is 32.7 Å². The van der Waals surface area contributed by atoms with Crippen LogP contribution >= 0.6 is 0 Å². The number of methoxy groups -OCH3 is 1. The molecule has 6 nitrogen and oxygen atoms in total. The summed E-state index contributed by atoms with van der Waals surface area (Å²) in [6.07, 6.45) is 3.29. The van der Waals surface area contributed by atoms with E-state index in [1.54, 1.807) is 7.11 Å². The Morgan fingerprint density at radius 1 is 1.00 bits per heavy atom. The van der Waals surface area contributed by atoms with Gasteiger partial charge in [0.25, 0.3) is 0 Å². The van der Waals surface area contributed by atoms with Gasteiger partial charge in [-0.2, -0.15) is 0 Å². The molecule has 2 aromatic rings. The number of carbonyl (C=O) groups is 1. The minimum atomic E-state index is 0.137. The molecular formula is C25H33N3O3. The monoisotopic (exact) mass is 423 g/mol. The van der Waals surface area contributed by atoms with Gasteiger partial charge in [0.15, 0.2) is 0 Å². The van der Waals surface area contributed by atoms with Crippen LogP contribution < -0.4 is 14.8 Å². The van der Waals surface area contributed by atoms with Crippen LogP contribution in [0.1, 0.15) is 30.0 Å². The number of aryl methyl sites for hydroxylation is 1. The van der Waals surface area contributed by atoms with Crippen molar-refractivity contribution in [3.8, 4) is 11.5 Å². The highest BCUT2D eigenvalue weighted by Gasteiger charge is 2.23. The minimum Gasteiger partial charge on any atom is -0.497 e. The predicted octanol–water partition coefficient (Wildman–Crippen LogP) is 2.89. The molecule has 1 fully saturated rings. The molecule has 0 aromatic heterocycles. The molecule has 1 saturated heterocycles. The lowest BCUT2D eigenvalue weighted by Crippen LogP contribution is -2.50. The summed E-state index contributed by atoms with van der Waals surface area (Å²) in [5.41, 5.74) is 2.67. The number of hydrogen-bond acceptors (Lipinski definition) is 5. The fourth-order valence-electron chi connectivity index (χ4n) is 4.48. The van der Waals surface area contributed by atoms with Crippen molar-refractivity contribution < 1.29 is 14.3 Å². The Labute approximate surface area is 185 Å². The maximum absolute atomic E-state index is 12.7. The summed E-state index contributed by atoms with van der Waals surface area (Å²) in [5, 5.41) is 3.27. The fraction of sp³-hybridized carbons (Fsp3) is 0.480. The fourth-order valence-corrected chi connectivity index (χ4v) is 4.48. The molecule has 1 heterocycles. The van der Waals surface area contributed by atoms with Gasteiger partial charge in [0.1, 0.15) is 18.1 Å². The molecule has 4 rings (SSSR count). The highest BCUT2D eigenvalue weighted by Crippen LogP contribution is 2.29. The van der Waals surface area contributed by atoms with Crippen LogP contribution in [0.4, 0.5) is 0 Å². The Morgan fingerprint density at radius 2 is 1.71 bits per heavy atom. The van der Waals surface area contributed by atoms with Gasteiger partial charge in [-0.15, -0.1) is 0 Å². The zero-order valence-corrected chi connectivity index (χ0v) is 18.4. The molecule has 2 aliphatic rings. The topological polar surface area (TPSA) is 54.0 Å². The van der Waals surface area contributed by atoms with Crippen LogP contribution in [0.15, 0.2) is 48.5 Å². The Bertz CT molecular complexity index is 847. The van der Waals surface area contributed by atoms with E-state index in [0.29, 0.717) is 13.2 Å². The van der Waals surface area contributed by atoms with Crippen LogP contribution in [0.2, 0.25) is 0 Å². The molecule has 1 N–H and O–H groups in total. The molecule has 0 radical (unpaired) electrons. The molecule has 31 heavy (non-hydrogen) atoms. The van der Waals surface area contributed by atoms with Crippen molar-refractivity contribution in [2.45, 2.75) is 25.3 Å². The van der Waals surface area contributed by atoms with Gasteiger partial charge in [0.05, 0.1) is 19.7 Å². The smallest absolute Gasteiger partial charge is 0.234 e. The van der Waals surface area contributed by atoms with Gasteiger partial charge in [-0.05, 0) is 54.7 Å². The number of carbonyl (C=O) groups excluding carboxylic acids is 1. The number of nitrogens with zero attached hydrogens (tertiary/aromatic N) is 2. The van der Waals surface area contributed by atoms with Crippen LogP contribution in [-0.4, -0.2) is 68.7 Å². The van der Waals surface area contributed by atoms with Crippen LogP contribution in [0.3, 0.4) is 0 Å². The molecule has 6 heteroatoms. The Morgan fingerprint density at radius 3 is 2.48 bits per heavy atom. The summed E-state index contributed by atoms with van der Waals surface area (Å²) in [7, 11) is 1.66. The Kier molecular flexibility index (Phi) is 7.43. The number of benzene rings is 2. The van der Waals surface area contributed by atoms with Crippen molar-refractivity contribution in [2.75, 3.05) is 53.0 Å². The molecule has 0 saturated carbocycles. The van der Waals surface area contributed by atoms with Gasteiger partial charge in [-0.25, -0.2) is 0 Å². The first kappa shape index (κ1) is 21.7. The van der Waals surface area contributed by atoms with Gasteiger partial charge < -0.3 is 14.8 Å². The van der Waals surface area contributed by atoms with Crippen molar-refractivity contribution in [1.82, 2.24) is 15.1 Å². The van der Waals surface area contributed by atoms with E-state index in [-0.39, 0.29) is 11.9 Å². The van der Waals surface area contributed by atoms with E-state index >= 15 is 0 Å². The molecule has 166 valence electrons. The quantitative estimate of drug-likeness (QED) is 0.708. The summed E-state index contributed by atoms with van der Waals surface area (Å²) < 4.78 is 11.0. The number of nitrogens with one attached hydrogen (secondary N) is 1. The lowest BCUT2D eigenvalue weighted by Gasteiger charge is -2.34. The molecule has 0 bridgehead atoms. The second-order valence-corrected chi connectivity index (χ2v) is 8.35.